The molecule has 2 amide bonds. The third-order valence-electron chi connectivity index (χ3n) is 5.08. The SMILES string of the molecule is CCN(CCC(F)(F)F)C(=O)NCc1ccc(CN2CCC(C)CC2)cc1. The van der Waals surface area contributed by atoms with Gasteiger partial charge in [0, 0.05) is 26.2 Å². The molecule has 7 heteroatoms. The van der Waals surface area contributed by atoms with Crippen molar-refractivity contribution in [3.63, 3.8) is 0 Å². The van der Waals surface area contributed by atoms with Crippen LogP contribution < -0.4 is 5.32 Å². The van der Waals surface area contributed by atoms with E-state index in [4.69, 9.17) is 0 Å². The van der Waals surface area contributed by atoms with Crippen LogP contribution in [0.25, 0.3) is 0 Å². The summed E-state index contributed by atoms with van der Waals surface area (Å²) in [6.45, 7) is 7.39. The van der Waals surface area contributed by atoms with Crippen LogP contribution in [0.1, 0.15) is 44.2 Å². The molecule has 1 aliphatic heterocycles. The van der Waals surface area contributed by atoms with Crippen LogP contribution in [-0.4, -0.2) is 48.2 Å². The van der Waals surface area contributed by atoms with E-state index in [2.05, 4.69) is 29.3 Å². The molecule has 0 aromatic heterocycles. The van der Waals surface area contributed by atoms with Crippen molar-refractivity contribution < 1.29 is 18.0 Å². The number of rotatable bonds is 7. The number of nitrogens with zero attached hydrogens (tertiary/aromatic N) is 2. The number of benzene rings is 1. The number of hydrogen-bond acceptors (Lipinski definition) is 2. The Bertz CT molecular complexity index is 581. The monoisotopic (exact) mass is 385 g/mol. The fourth-order valence-corrected chi connectivity index (χ4v) is 3.20. The summed E-state index contributed by atoms with van der Waals surface area (Å²) in [5, 5.41) is 2.70. The molecule has 1 saturated heterocycles. The van der Waals surface area contributed by atoms with Crippen molar-refractivity contribution in [1.29, 1.82) is 0 Å². The summed E-state index contributed by atoms with van der Waals surface area (Å²) in [5.41, 5.74) is 2.17. The van der Waals surface area contributed by atoms with Crippen molar-refractivity contribution in [3.05, 3.63) is 35.4 Å². The molecule has 0 spiro atoms. The number of likely N-dealkylation sites (tertiary alicyclic amines) is 1. The maximum atomic E-state index is 12.3. The summed E-state index contributed by atoms with van der Waals surface area (Å²) in [6, 6.07) is 7.58. The summed E-state index contributed by atoms with van der Waals surface area (Å²) in [6.07, 6.45) is -2.76. The van der Waals surface area contributed by atoms with E-state index in [9.17, 15) is 18.0 Å². The maximum Gasteiger partial charge on any atom is 0.390 e. The van der Waals surface area contributed by atoms with Crippen LogP contribution in [0, 0.1) is 5.92 Å². The zero-order valence-corrected chi connectivity index (χ0v) is 16.2. The first-order valence-electron chi connectivity index (χ1n) is 9.66. The molecule has 0 saturated carbocycles. The highest BCUT2D eigenvalue weighted by Gasteiger charge is 2.28. The normalized spacial score (nSPS) is 16.3. The number of carbonyl (C=O) groups is 1. The molecule has 0 aliphatic carbocycles. The first-order chi connectivity index (χ1) is 12.8. The minimum absolute atomic E-state index is 0.245. The lowest BCUT2D eigenvalue weighted by Gasteiger charge is -2.30. The second-order valence-corrected chi connectivity index (χ2v) is 7.38. The Labute approximate surface area is 159 Å². The van der Waals surface area contributed by atoms with E-state index in [1.807, 2.05) is 12.1 Å². The molecule has 27 heavy (non-hydrogen) atoms. The number of piperidine rings is 1. The molecule has 1 aromatic carbocycles. The maximum absolute atomic E-state index is 12.3. The van der Waals surface area contributed by atoms with E-state index < -0.39 is 18.6 Å². The lowest BCUT2D eigenvalue weighted by molar-refractivity contribution is -0.136. The molecule has 0 radical (unpaired) electrons. The molecular formula is C20H30F3N3O. The summed E-state index contributed by atoms with van der Waals surface area (Å²) < 4.78 is 37.0. The van der Waals surface area contributed by atoms with E-state index >= 15 is 0 Å². The second kappa shape index (κ2) is 9.97. The largest absolute Gasteiger partial charge is 0.390 e. The van der Waals surface area contributed by atoms with E-state index in [-0.39, 0.29) is 13.1 Å². The zero-order valence-electron chi connectivity index (χ0n) is 16.2. The van der Waals surface area contributed by atoms with E-state index in [0.717, 1.165) is 31.1 Å². The van der Waals surface area contributed by atoms with Crippen LogP contribution >= 0.6 is 0 Å². The Balaban J connectivity index is 1.77. The van der Waals surface area contributed by atoms with Gasteiger partial charge in [0.25, 0.3) is 0 Å². The number of carbonyl (C=O) groups excluding carboxylic acids is 1. The molecule has 0 unspecified atom stereocenters. The number of urea groups is 1. The van der Waals surface area contributed by atoms with Crippen molar-refractivity contribution >= 4 is 6.03 Å². The Hall–Kier alpha value is -1.76. The lowest BCUT2D eigenvalue weighted by atomic mass is 9.99. The minimum Gasteiger partial charge on any atom is -0.334 e. The van der Waals surface area contributed by atoms with Crippen LogP contribution in [0.15, 0.2) is 24.3 Å². The van der Waals surface area contributed by atoms with Gasteiger partial charge in [-0.25, -0.2) is 4.79 Å². The topological polar surface area (TPSA) is 35.6 Å². The summed E-state index contributed by atoms with van der Waals surface area (Å²) >= 11 is 0. The Morgan fingerprint density at radius 1 is 1.19 bits per heavy atom. The van der Waals surface area contributed by atoms with E-state index in [1.54, 1.807) is 6.92 Å². The van der Waals surface area contributed by atoms with Gasteiger partial charge in [-0.1, -0.05) is 31.2 Å². The molecule has 0 bridgehead atoms. The van der Waals surface area contributed by atoms with Crippen LogP contribution in [0.5, 0.6) is 0 Å². The van der Waals surface area contributed by atoms with Gasteiger partial charge in [0.15, 0.2) is 0 Å². The highest BCUT2D eigenvalue weighted by Crippen LogP contribution is 2.20. The molecule has 1 heterocycles. The first-order valence-corrected chi connectivity index (χ1v) is 9.66. The minimum atomic E-state index is -4.25. The van der Waals surface area contributed by atoms with Crippen molar-refractivity contribution in [2.75, 3.05) is 26.2 Å². The van der Waals surface area contributed by atoms with Crippen LogP contribution in [0.2, 0.25) is 0 Å². The molecule has 0 atom stereocenters. The van der Waals surface area contributed by atoms with Crippen LogP contribution in [-0.2, 0) is 13.1 Å². The summed E-state index contributed by atoms with van der Waals surface area (Å²) in [5.74, 6) is 0.811. The third kappa shape index (κ3) is 7.79. The summed E-state index contributed by atoms with van der Waals surface area (Å²) in [7, 11) is 0. The average molecular weight is 385 g/mol. The zero-order chi connectivity index (χ0) is 19.9. The predicted octanol–water partition coefficient (Wildman–Crippen LogP) is 4.40. The van der Waals surface area contributed by atoms with Crippen molar-refractivity contribution in [1.82, 2.24) is 15.1 Å². The average Bonchev–Trinajstić information content (AvgIpc) is 2.62. The first kappa shape index (κ1) is 21.5. The fraction of sp³-hybridized carbons (Fsp3) is 0.650. The van der Waals surface area contributed by atoms with Gasteiger partial charge >= 0.3 is 12.2 Å². The van der Waals surface area contributed by atoms with Gasteiger partial charge in [-0.3, -0.25) is 4.90 Å². The molecule has 1 aliphatic rings. The van der Waals surface area contributed by atoms with E-state index in [1.165, 1.54) is 23.3 Å². The van der Waals surface area contributed by atoms with Crippen molar-refractivity contribution in [3.8, 4) is 0 Å². The molecular weight excluding hydrogens is 355 g/mol. The number of alkyl halides is 3. The molecule has 1 fully saturated rings. The summed E-state index contributed by atoms with van der Waals surface area (Å²) in [4.78, 5) is 15.7. The smallest absolute Gasteiger partial charge is 0.334 e. The van der Waals surface area contributed by atoms with E-state index in [0.29, 0.717) is 6.54 Å². The predicted molar refractivity (Wildman–Crippen MR) is 100 cm³/mol. The fourth-order valence-electron chi connectivity index (χ4n) is 3.20. The molecule has 1 aromatic rings. The number of halogens is 3. The number of amides is 2. The van der Waals surface area contributed by atoms with Crippen molar-refractivity contribution in [2.24, 2.45) is 5.92 Å². The van der Waals surface area contributed by atoms with Gasteiger partial charge in [0.05, 0.1) is 6.42 Å². The molecule has 1 N–H and O–H groups in total. The van der Waals surface area contributed by atoms with Crippen LogP contribution in [0.3, 0.4) is 0 Å². The van der Waals surface area contributed by atoms with Gasteiger partial charge in [-0.05, 0) is 49.9 Å². The quantitative estimate of drug-likeness (QED) is 0.755. The molecule has 152 valence electrons. The standard InChI is InChI=1S/C20H30F3N3O/c1-3-26(13-10-20(21,22)23)19(27)24-14-17-4-6-18(7-5-17)15-25-11-8-16(2)9-12-25/h4-7,16H,3,8-15H2,1-2H3,(H,24,27). The van der Waals surface area contributed by atoms with Gasteiger partial charge in [-0.2, -0.15) is 13.2 Å². The Morgan fingerprint density at radius 3 is 2.33 bits per heavy atom. The highest BCUT2D eigenvalue weighted by atomic mass is 19.4. The van der Waals surface area contributed by atoms with Gasteiger partial charge in [-0.15, -0.1) is 0 Å². The Kier molecular flexibility index (Phi) is 7.95. The van der Waals surface area contributed by atoms with Gasteiger partial charge < -0.3 is 10.2 Å². The van der Waals surface area contributed by atoms with Gasteiger partial charge in [0.2, 0.25) is 0 Å². The second-order valence-electron chi connectivity index (χ2n) is 7.38. The molecule has 2 rings (SSSR count). The highest BCUT2D eigenvalue weighted by molar-refractivity contribution is 5.74. The number of nitrogens with one attached hydrogen (secondary N) is 1. The Morgan fingerprint density at radius 2 is 1.78 bits per heavy atom. The van der Waals surface area contributed by atoms with Crippen LogP contribution in [0.4, 0.5) is 18.0 Å². The van der Waals surface area contributed by atoms with Gasteiger partial charge in [0.1, 0.15) is 0 Å². The molecule has 4 nitrogen and oxygen atoms in total. The third-order valence-corrected chi connectivity index (χ3v) is 5.08. The lowest BCUT2D eigenvalue weighted by Crippen LogP contribution is -2.41. The number of hydrogen-bond donors (Lipinski definition) is 1. The van der Waals surface area contributed by atoms with Crippen molar-refractivity contribution in [2.45, 2.75) is 52.4 Å².